The molecule has 1 saturated heterocycles. The molecule has 1 N–H and O–H groups in total. The van der Waals surface area contributed by atoms with E-state index in [2.05, 4.69) is 0 Å². The van der Waals surface area contributed by atoms with Crippen molar-refractivity contribution in [3.63, 3.8) is 0 Å². The number of benzene rings is 1. The summed E-state index contributed by atoms with van der Waals surface area (Å²) in [6.45, 7) is 1.40. The van der Waals surface area contributed by atoms with Crippen LogP contribution in [0.15, 0.2) is 24.3 Å². The molecule has 1 heterocycles. The van der Waals surface area contributed by atoms with E-state index in [0.717, 1.165) is 12.8 Å². The van der Waals surface area contributed by atoms with Crippen molar-refractivity contribution in [3.05, 3.63) is 35.6 Å². The first-order valence-corrected chi connectivity index (χ1v) is 9.46. The van der Waals surface area contributed by atoms with Gasteiger partial charge in [0.25, 0.3) is 10.2 Å². The minimum Gasteiger partial charge on any atom is -0.395 e. The Hall–Kier alpha value is -1.06. The highest BCUT2D eigenvalue weighted by molar-refractivity contribution is 7.86. The molecule has 6 nitrogen and oxygen atoms in total. The van der Waals surface area contributed by atoms with Gasteiger partial charge >= 0.3 is 0 Å². The van der Waals surface area contributed by atoms with Crippen LogP contribution in [0.25, 0.3) is 0 Å². The van der Waals surface area contributed by atoms with Gasteiger partial charge in [0.15, 0.2) is 0 Å². The summed E-state index contributed by atoms with van der Waals surface area (Å²) in [5.74, 6) is 0.0142. The SMILES string of the molecule is COCC1CCN(S(=O)(=O)N(CCO)Cc2ccc(F)cc2)CC1. The van der Waals surface area contributed by atoms with Gasteiger partial charge in [-0.05, 0) is 36.5 Å². The van der Waals surface area contributed by atoms with Crippen LogP contribution >= 0.6 is 0 Å². The van der Waals surface area contributed by atoms with Gasteiger partial charge in [-0.25, -0.2) is 4.39 Å². The topological polar surface area (TPSA) is 70.1 Å². The van der Waals surface area contributed by atoms with E-state index in [9.17, 15) is 17.9 Å². The van der Waals surface area contributed by atoms with Gasteiger partial charge in [-0.2, -0.15) is 17.0 Å². The Labute approximate surface area is 143 Å². The van der Waals surface area contributed by atoms with E-state index in [1.807, 2.05) is 0 Å². The molecule has 0 amide bonds. The summed E-state index contributed by atoms with van der Waals surface area (Å²) in [6, 6.07) is 5.71. The Balaban J connectivity index is 2.06. The molecule has 0 spiro atoms. The second-order valence-corrected chi connectivity index (χ2v) is 7.92. The van der Waals surface area contributed by atoms with Crippen molar-refractivity contribution >= 4 is 10.2 Å². The minimum atomic E-state index is -3.66. The average Bonchev–Trinajstić information content (AvgIpc) is 2.57. The lowest BCUT2D eigenvalue weighted by Gasteiger charge is -2.34. The van der Waals surface area contributed by atoms with E-state index >= 15 is 0 Å². The summed E-state index contributed by atoms with van der Waals surface area (Å²) in [5, 5.41) is 9.23. The third-order valence-electron chi connectivity index (χ3n) is 4.25. The van der Waals surface area contributed by atoms with Gasteiger partial charge in [-0.15, -0.1) is 0 Å². The number of ether oxygens (including phenoxy) is 1. The first-order chi connectivity index (χ1) is 11.5. The fraction of sp³-hybridized carbons (Fsp3) is 0.625. The van der Waals surface area contributed by atoms with Crippen LogP contribution in [0.1, 0.15) is 18.4 Å². The molecule has 0 saturated carbocycles. The van der Waals surface area contributed by atoms with Gasteiger partial charge in [-0.3, -0.25) is 0 Å². The molecule has 8 heteroatoms. The predicted octanol–water partition coefficient (Wildman–Crippen LogP) is 1.22. The van der Waals surface area contributed by atoms with Crippen LogP contribution in [-0.4, -0.2) is 62.1 Å². The van der Waals surface area contributed by atoms with Crippen molar-refractivity contribution in [2.24, 2.45) is 5.92 Å². The second-order valence-electron chi connectivity index (χ2n) is 5.99. The fourth-order valence-electron chi connectivity index (χ4n) is 2.89. The molecule has 0 bridgehead atoms. The molecule has 136 valence electrons. The van der Waals surface area contributed by atoms with Crippen molar-refractivity contribution < 1.29 is 22.7 Å². The zero-order valence-electron chi connectivity index (χ0n) is 13.9. The van der Waals surface area contributed by atoms with Crippen LogP contribution in [0.4, 0.5) is 4.39 Å². The first-order valence-electron chi connectivity index (χ1n) is 8.07. The summed E-state index contributed by atoms with van der Waals surface area (Å²) < 4.78 is 46.5. The molecule has 1 aliphatic heterocycles. The molecule has 0 atom stereocenters. The zero-order valence-corrected chi connectivity index (χ0v) is 14.7. The Morgan fingerprint density at radius 3 is 2.46 bits per heavy atom. The molecule has 0 aliphatic carbocycles. The summed E-state index contributed by atoms with van der Waals surface area (Å²) in [5.41, 5.74) is 0.683. The van der Waals surface area contributed by atoms with E-state index in [-0.39, 0.29) is 25.5 Å². The Morgan fingerprint density at radius 1 is 1.29 bits per heavy atom. The van der Waals surface area contributed by atoms with E-state index in [1.54, 1.807) is 19.2 Å². The highest BCUT2D eigenvalue weighted by atomic mass is 32.2. The number of methoxy groups -OCH3 is 1. The number of halogens is 1. The van der Waals surface area contributed by atoms with Crippen LogP contribution in [-0.2, 0) is 21.5 Å². The summed E-state index contributed by atoms with van der Waals surface area (Å²) >= 11 is 0. The quantitative estimate of drug-likeness (QED) is 0.757. The highest BCUT2D eigenvalue weighted by Gasteiger charge is 2.32. The number of hydrogen-bond donors (Lipinski definition) is 1. The van der Waals surface area contributed by atoms with Crippen LogP contribution < -0.4 is 0 Å². The molecule has 1 aliphatic rings. The Morgan fingerprint density at radius 2 is 1.92 bits per heavy atom. The van der Waals surface area contributed by atoms with Crippen molar-refractivity contribution in [2.45, 2.75) is 19.4 Å². The predicted molar refractivity (Wildman–Crippen MR) is 89.0 cm³/mol. The van der Waals surface area contributed by atoms with Crippen LogP contribution in [0.3, 0.4) is 0 Å². The van der Waals surface area contributed by atoms with Gasteiger partial charge in [0, 0.05) is 39.9 Å². The van der Waals surface area contributed by atoms with Crippen molar-refractivity contribution in [1.29, 1.82) is 0 Å². The molecular formula is C16H25FN2O4S. The second kappa shape index (κ2) is 8.87. The van der Waals surface area contributed by atoms with E-state index in [1.165, 1.54) is 20.7 Å². The molecule has 0 aromatic heterocycles. The van der Waals surface area contributed by atoms with Crippen LogP contribution in [0.2, 0.25) is 0 Å². The van der Waals surface area contributed by atoms with Crippen molar-refractivity contribution in [3.8, 4) is 0 Å². The van der Waals surface area contributed by atoms with E-state index < -0.39 is 10.2 Å². The smallest absolute Gasteiger partial charge is 0.282 e. The first kappa shape index (κ1) is 19.3. The van der Waals surface area contributed by atoms with E-state index in [4.69, 9.17) is 4.74 Å². The number of rotatable bonds is 8. The summed E-state index contributed by atoms with van der Waals surface area (Å²) in [6.07, 6.45) is 1.52. The number of aliphatic hydroxyl groups excluding tert-OH is 1. The highest BCUT2D eigenvalue weighted by Crippen LogP contribution is 2.22. The Kier molecular flexibility index (Phi) is 7.12. The molecule has 1 fully saturated rings. The molecule has 24 heavy (non-hydrogen) atoms. The lowest BCUT2D eigenvalue weighted by Crippen LogP contribution is -2.48. The normalized spacial score (nSPS) is 17.5. The maximum atomic E-state index is 13.0. The molecular weight excluding hydrogens is 335 g/mol. The third-order valence-corrected chi connectivity index (χ3v) is 6.23. The number of piperidine rings is 1. The number of hydrogen-bond acceptors (Lipinski definition) is 4. The average molecular weight is 360 g/mol. The summed E-state index contributed by atoms with van der Waals surface area (Å²) in [7, 11) is -2.01. The number of nitrogens with zero attached hydrogens (tertiary/aromatic N) is 2. The monoisotopic (exact) mass is 360 g/mol. The van der Waals surface area contributed by atoms with Gasteiger partial charge in [0.05, 0.1) is 6.61 Å². The van der Waals surface area contributed by atoms with Crippen LogP contribution in [0.5, 0.6) is 0 Å². The maximum Gasteiger partial charge on any atom is 0.282 e. The lowest BCUT2D eigenvalue weighted by atomic mass is 9.99. The minimum absolute atomic E-state index is 0.0116. The third kappa shape index (κ3) is 4.97. The van der Waals surface area contributed by atoms with Gasteiger partial charge in [-0.1, -0.05) is 12.1 Å². The van der Waals surface area contributed by atoms with Gasteiger partial charge < -0.3 is 9.84 Å². The van der Waals surface area contributed by atoms with Crippen molar-refractivity contribution in [1.82, 2.24) is 8.61 Å². The molecule has 0 radical (unpaired) electrons. The largest absolute Gasteiger partial charge is 0.395 e. The van der Waals surface area contributed by atoms with Crippen molar-refractivity contribution in [2.75, 3.05) is 40.0 Å². The summed E-state index contributed by atoms with van der Waals surface area (Å²) in [4.78, 5) is 0. The Bertz CT molecular complexity index is 601. The zero-order chi connectivity index (χ0) is 17.6. The van der Waals surface area contributed by atoms with Gasteiger partial charge in [0.2, 0.25) is 0 Å². The number of aliphatic hydroxyl groups is 1. The maximum absolute atomic E-state index is 13.0. The van der Waals surface area contributed by atoms with Gasteiger partial charge in [0.1, 0.15) is 5.82 Å². The molecule has 1 aromatic carbocycles. The van der Waals surface area contributed by atoms with E-state index in [0.29, 0.717) is 31.2 Å². The molecule has 0 unspecified atom stereocenters. The lowest BCUT2D eigenvalue weighted by molar-refractivity contribution is 0.119. The molecule has 1 aromatic rings. The molecule has 2 rings (SSSR count). The fourth-order valence-corrected chi connectivity index (χ4v) is 4.51. The standard InChI is InChI=1S/C16H25FN2O4S/c1-23-13-15-6-8-18(9-7-15)24(21,22)19(10-11-20)12-14-2-4-16(17)5-3-14/h2-5,15,20H,6-13H2,1H3. The van der Waals surface area contributed by atoms with Crippen LogP contribution in [0, 0.1) is 11.7 Å².